The average molecular weight is 370 g/mol. The zero-order valence-corrected chi connectivity index (χ0v) is 16.3. The maximum absolute atomic E-state index is 12.6. The number of hydrogen-bond acceptors (Lipinski definition) is 6. The third kappa shape index (κ3) is 5.51. The molecule has 0 radical (unpaired) electrons. The average Bonchev–Trinajstić information content (AvgIpc) is 2.65. The lowest BCUT2D eigenvalue weighted by atomic mass is 10.2. The van der Waals surface area contributed by atoms with E-state index in [0.717, 1.165) is 12.8 Å². The zero-order chi connectivity index (χ0) is 19.8. The Bertz CT molecular complexity index is 808. The van der Waals surface area contributed by atoms with Crippen molar-refractivity contribution in [1.82, 2.24) is 14.9 Å². The number of ether oxygens (including phenoxy) is 1. The zero-order valence-electron chi connectivity index (χ0n) is 16.3. The van der Waals surface area contributed by atoms with Gasteiger partial charge in [-0.3, -0.25) is 4.79 Å². The number of nitrogens with one attached hydrogen (secondary N) is 1. The molecule has 7 heteroatoms. The molecule has 1 amide bonds. The van der Waals surface area contributed by atoms with Crippen LogP contribution in [0.4, 0.5) is 11.6 Å². The summed E-state index contributed by atoms with van der Waals surface area (Å²) in [5.41, 5.74) is 1.89. The van der Waals surface area contributed by atoms with Crippen LogP contribution in [0.2, 0.25) is 0 Å². The molecule has 144 valence electrons. The number of benzene rings is 1. The number of hydrogen-bond donors (Lipinski definition) is 1. The molecule has 0 bridgehead atoms. The van der Waals surface area contributed by atoms with E-state index in [1.54, 1.807) is 56.1 Å². The van der Waals surface area contributed by atoms with E-state index in [2.05, 4.69) is 22.2 Å². The highest BCUT2D eigenvalue weighted by atomic mass is 16.5. The second kappa shape index (κ2) is 9.66. The van der Waals surface area contributed by atoms with Gasteiger partial charge in [-0.2, -0.15) is 0 Å². The summed E-state index contributed by atoms with van der Waals surface area (Å²) in [6.07, 6.45) is 1.95. The second-order valence-corrected chi connectivity index (χ2v) is 6.19. The number of para-hydroxylation sites is 1. The number of rotatable bonds is 8. The molecule has 0 aliphatic carbocycles. The molecular formula is C20H26N4O3. The molecule has 0 saturated carbocycles. The molecule has 2 rings (SSSR count). The predicted molar refractivity (Wildman–Crippen MR) is 104 cm³/mol. The van der Waals surface area contributed by atoms with Gasteiger partial charge in [-0.15, -0.1) is 0 Å². The molecule has 1 heterocycles. The molecule has 1 aromatic heterocycles. The van der Waals surface area contributed by atoms with E-state index in [1.165, 1.54) is 0 Å². The van der Waals surface area contributed by atoms with Gasteiger partial charge in [0.1, 0.15) is 5.69 Å². The predicted octanol–water partition coefficient (Wildman–Crippen LogP) is 3.58. The van der Waals surface area contributed by atoms with Gasteiger partial charge in [-0.05, 0) is 38.5 Å². The van der Waals surface area contributed by atoms with E-state index in [0.29, 0.717) is 29.2 Å². The van der Waals surface area contributed by atoms with E-state index in [-0.39, 0.29) is 18.5 Å². The Kier molecular flexibility index (Phi) is 7.28. The van der Waals surface area contributed by atoms with Crippen LogP contribution in [0.25, 0.3) is 0 Å². The lowest BCUT2D eigenvalue weighted by molar-refractivity contribution is 0.0527. The van der Waals surface area contributed by atoms with Gasteiger partial charge < -0.3 is 15.0 Å². The van der Waals surface area contributed by atoms with E-state index >= 15 is 0 Å². The largest absolute Gasteiger partial charge is 0.462 e. The first-order chi connectivity index (χ1) is 13.0. The van der Waals surface area contributed by atoms with Crippen LogP contribution in [-0.4, -0.2) is 46.9 Å². The SMILES string of the molecule is CCCCN(C)C(=O)c1cc(C)nc(Nc2ccccc2C(=O)OCC)n1. The highest BCUT2D eigenvalue weighted by Crippen LogP contribution is 2.20. The summed E-state index contributed by atoms with van der Waals surface area (Å²) < 4.78 is 5.08. The first-order valence-corrected chi connectivity index (χ1v) is 9.10. The number of esters is 1. The summed E-state index contributed by atoms with van der Waals surface area (Å²) in [7, 11) is 1.76. The molecule has 0 aliphatic rings. The Balaban J connectivity index is 2.27. The Hall–Kier alpha value is -2.96. The highest BCUT2D eigenvalue weighted by Gasteiger charge is 2.17. The Morgan fingerprint density at radius 2 is 1.93 bits per heavy atom. The molecule has 1 N–H and O–H groups in total. The smallest absolute Gasteiger partial charge is 0.340 e. The molecule has 0 aliphatic heterocycles. The third-order valence-electron chi connectivity index (χ3n) is 3.94. The molecule has 0 spiro atoms. The monoisotopic (exact) mass is 370 g/mol. The van der Waals surface area contributed by atoms with Crippen molar-refractivity contribution in [3.8, 4) is 0 Å². The number of aromatic nitrogens is 2. The van der Waals surface area contributed by atoms with Crippen LogP contribution in [-0.2, 0) is 4.74 Å². The van der Waals surface area contributed by atoms with Gasteiger partial charge in [0.25, 0.3) is 5.91 Å². The standard InChI is InChI=1S/C20H26N4O3/c1-5-7-12-24(4)18(25)17-13-14(3)21-20(23-17)22-16-11-9-8-10-15(16)19(26)27-6-2/h8-11,13H,5-7,12H2,1-4H3,(H,21,22,23). The van der Waals surface area contributed by atoms with Gasteiger partial charge in [-0.1, -0.05) is 25.5 Å². The van der Waals surface area contributed by atoms with Gasteiger partial charge in [0.05, 0.1) is 17.9 Å². The van der Waals surface area contributed by atoms with E-state index in [9.17, 15) is 9.59 Å². The fourth-order valence-corrected chi connectivity index (χ4v) is 2.53. The number of nitrogens with zero attached hydrogens (tertiary/aromatic N) is 3. The summed E-state index contributed by atoms with van der Waals surface area (Å²) in [4.78, 5) is 35.1. The number of amides is 1. The van der Waals surface area contributed by atoms with Crippen LogP contribution in [0.5, 0.6) is 0 Å². The van der Waals surface area contributed by atoms with Crippen molar-refractivity contribution < 1.29 is 14.3 Å². The van der Waals surface area contributed by atoms with Crippen LogP contribution in [0.3, 0.4) is 0 Å². The number of unbranched alkanes of at least 4 members (excludes halogenated alkanes) is 1. The lowest BCUT2D eigenvalue weighted by Crippen LogP contribution is -2.28. The van der Waals surface area contributed by atoms with Crippen molar-refractivity contribution in [1.29, 1.82) is 0 Å². The second-order valence-electron chi connectivity index (χ2n) is 6.19. The van der Waals surface area contributed by atoms with Crippen molar-refractivity contribution in [2.24, 2.45) is 0 Å². The Labute approximate surface area is 159 Å². The van der Waals surface area contributed by atoms with E-state index in [1.807, 2.05) is 0 Å². The fourth-order valence-electron chi connectivity index (χ4n) is 2.53. The molecule has 7 nitrogen and oxygen atoms in total. The van der Waals surface area contributed by atoms with Gasteiger partial charge in [0.15, 0.2) is 0 Å². The molecule has 27 heavy (non-hydrogen) atoms. The van der Waals surface area contributed by atoms with Crippen molar-refractivity contribution in [2.45, 2.75) is 33.6 Å². The Morgan fingerprint density at radius 1 is 1.19 bits per heavy atom. The van der Waals surface area contributed by atoms with Crippen molar-refractivity contribution in [2.75, 3.05) is 25.5 Å². The number of anilines is 2. The summed E-state index contributed by atoms with van der Waals surface area (Å²) in [6, 6.07) is 8.62. The molecule has 1 aromatic carbocycles. The summed E-state index contributed by atoms with van der Waals surface area (Å²) >= 11 is 0. The van der Waals surface area contributed by atoms with E-state index < -0.39 is 5.97 Å². The van der Waals surface area contributed by atoms with Gasteiger partial charge >= 0.3 is 5.97 Å². The van der Waals surface area contributed by atoms with Crippen LogP contribution < -0.4 is 5.32 Å². The minimum absolute atomic E-state index is 0.157. The molecule has 0 unspecified atom stereocenters. The van der Waals surface area contributed by atoms with Gasteiger partial charge in [-0.25, -0.2) is 14.8 Å². The maximum atomic E-state index is 12.6. The molecule has 0 fully saturated rings. The molecule has 0 atom stereocenters. The first-order valence-electron chi connectivity index (χ1n) is 9.10. The highest BCUT2D eigenvalue weighted by molar-refractivity contribution is 5.96. The summed E-state index contributed by atoms with van der Waals surface area (Å²) in [5.74, 6) is -0.321. The topological polar surface area (TPSA) is 84.4 Å². The molecular weight excluding hydrogens is 344 g/mol. The van der Waals surface area contributed by atoms with Crippen LogP contribution >= 0.6 is 0 Å². The molecule has 2 aromatic rings. The quantitative estimate of drug-likeness (QED) is 0.715. The maximum Gasteiger partial charge on any atom is 0.340 e. The fraction of sp³-hybridized carbons (Fsp3) is 0.400. The van der Waals surface area contributed by atoms with Gasteiger partial charge in [0.2, 0.25) is 5.95 Å². The van der Waals surface area contributed by atoms with Crippen molar-refractivity contribution in [3.63, 3.8) is 0 Å². The molecule has 0 saturated heterocycles. The van der Waals surface area contributed by atoms with Gasteiger partial charge in [0, 0.05) is 19.3 Å². The number of carbonyl (C=O) groups is 2. The minimum atomic E-state index is -0.427. The number of aryl methyl sites for hydroxylation is 1. The van der Waals surface area contributed by atoms with Crippen LogP contribution in [0.15, 0.2) is 30.3 Å². The minimum Gasteiger partial charge on any atom is -0.462 e. The van der Waals surface area contributed by atoms with Crippen molar-refractivity contribution in [3.05, 3.63) is 47.3 Å². The van der Waals surface area contributed by atoms with E-state index in [4.69, 9.17) is 4.74 Å². The van der Waals surface area contributed by atoms with Crippen LogP contribution in [0.1, 0.15) is 53.2 Å². The summed E-state index contributed by atoms with van der Waals surface area (Å²) in [6.45, 7) is 6.59. The third-order valence-corrected chi connectivity index (χ3v) is 3.94. The Morgan fingerprint density at radius 3 is 2.63 bits per heavy atom. The number of carbonyl (C=O) groups excluding carboxylic acids is 2. The summed E-state index contributed by atoms with van der Waals surface area (Å²) in [5, 5.41) is 3.04. The lowest BCUT2D eigenvalue weighted by Gasteiger charge is -2.17. The van der Waals surface area contributed by atoms with Crippen LogP contribution in [0, 0.1) is 6.92 Å². The van der Waals surface area contributed by atoms with Crippen molar-refractivity contribution >= 4 is 23.5 Å². The normalized spacial score (nSPS) is 10.4. The first kappa shape index (κ1) is 20.4.